The summed E-state index contributed by atoms with van der Waals surface area (Å²) in [4.78, 5) is 10.1. The molecule has 0 radical (unpaired) electrons. The van der Waals surface area contributed by atoms with Gasteiger partial charge in [-0.1, -0.05) is 15.9 Å². The van der Waals surface area contributed by atoms with Crippen LogP contribution in [0.25, 0.3) is 0 Å². The summed E-state index contributed by atoms with van der Waals surface area (Å²) in [6.07, 6.45) is 1.89. The monoisotopic (exact) mass is 228 g/mol. The maximum Gasteiger partial charge on any atom is 0.120 e. The molecule has 0 aliphatic rings. The molecule has 0 amide bonds. The third kappa shape index (κ3) is 2.34. The van der Waals surface area contributed by atoms with Crippen LogP contribution in [0, 0.1) is 0 Å². The minimum absolute atomic E-state index is 0.250. The topological polar surface area (TPSA) is 37.3 Å². The zero-order valence-corrected chi connectivity index (χ0v) is 8.04. The highest BCUT2D eigenvalue weighted by atomic mass is 79.9. The van der Waals surface area contributed by atoms with Gasteiger partial charge < -0.3 is 9.90 Å². The second-order valence-corrected chi connectivity index (χ2v) is 3.39. The number of aromatic hydroxyl groups is 1. The van der Waals surface area contributed by atoms with Gasteiger partial charge in [0.25, 0.3) is 0 Å². The van der Waals surface area contributed by atoms with Gasteiger partial charge in [0.05, 0.1) is 0 Å². The molecule has 0 aliphatic carbocycles. The lowest BCUT2D eigenvalue weighted by Gasteiger charge is -2.01. The first kappa shape index (κ1) is 9.26. The van der Waals surface area contributed by atoms with Gasteiger partial charge in [0.2, 0.25) is 0 Å². The maximum atomic E-state index is 10.1. The second kappa shape index (κ2) is 4.26. The first-order valence-corrected chi connectivity index (χ1v) is 4.44. The smallest absolute Gasteiger partial charge is 0.120 e. The van der Waals surface area contributed by atoms with Crippen LogP contribution in [0.3, 0.4) is 0 Å². The van der Waals surface area contributed by atoms with Crippen molar-refractivity contribution in [1.82, 2.24) is 0 Å². The zero-order valence-electron chi connectivity index (χ0n) is 6.46. The Morgan fingerprint density at radius 1 is 1.50 bits per heavy atom. The van der Waals surface area contributed by atoms with E-state index >= 15 is 0 Å². The highest BCUT2D eigenvalue weighted by Crippen LogP contribution is 2.22. The average Bonchev–Trinajstić information content (AvgIpc) is 2.07. The number of carbonyl (C=O) groups excluding carboxylic acids is 1. The Morgan fingerprint density at radius 2 is 2.25 bits per heavy atom. The van der Waals surface area contributed by atoms with E-state index in [0.717, 1.165) is 16.3 Å². The van der Waals surface area contributed by atoms with E-state index in [1.807, 2.05) is 6.07 Å². The Labute approximate surface area is 79.3 Å². The van der Waals surface area contributed by atoms with Crippen LogP contribution in [0.5, 0.6) is 5.75 Å². The lowest BCUT2D eigenvalue weighted by molar-refractivity contribution is -0.107. The van der Waals surface area contributed by atoms with Crippen LogP contribution in [0.2, 0.25) is 0 Å². The van der Waals surface area contributed by atoms with Gasteiger partial charge in [0.1, 0.15) is 12.0 Å². The number of phenols is 1. The van der Waals surface area contributed by atoms with E-state index in [9.17, 15) is 9.90 Å². The van der Waals surface area contributed by atoms with Crippen LogP contribution in [0.4, 0.5) is 0 Å². The van der Waals surface area contributed by atoms with Gasteiger partial charge in [-0.25, -0.2) is 0 Å². The molecule has 64 valence electrons. The molecule has 1 N–H and O–H groups in total. The predicted molar refractivity (Wildman–Crippen MR) is 50.2 cm³/mol. The molecule has 0 spiro atoms. The number of aryl methyl sites for hydroxylation is 1. The first-order chi connectivity index (χ1) is 5.74. The van der Waals surface area contributed by atoms with Crippen LogP contribution in [-0.2, 0) is 11.2 Å². The van der Waals surface area contributed by atoms with E-state index in [0.29, 0.717) is 12.8 Å². The van der Waals surface area contributed by atoms with E-state index in [4.69, 9.17) is 0 Å². The molecule has 2 nitrogen and oxygen atoms in total. The van der Waals surface area contributed by atoms with Crippen molar-refractivity contribution in [2.45, 2.75) is 12.8 Å². The van der Waals surface area contributed by atoms with Crippen molar-refractivity contribution in [3.63, 3.8) is 0 Å². The van der Waals surface area contributed by atoms with Gasteiger partial charge in [-0.2, -0.15) is 0 Å². The summed E-state index contributed by atoms with van der Waals surface area (Å²) in [5.41, 5.74) is 0.802. The first-order valence-electron chi connectivity index (χ1n) is 3.65. The van der Waals surface area contributed by atoms with Gasteiger partial charge >= 0.3 is 0 Å². The van der Waals surface area contributed by atoms with Gasteiger partial charge in [0, 0.05) is 10.9 Å². The molecule has 0 aromatic heterocycles. The number of rotatable bonds is 3. The molecule has 3 heteroatoms. The fraction of sp³-hybridized carbons (Fsp3) is 0.222. The summed E-state index contributed by atoms with van der Waals surface area (Å²) >= 11 is 3.29. The van der Waals surface area contributed by atoms with Crippen molar-refractivity contribution in [2.24, 2.45) is 0 Å². The largest absolute Gasteiger partial charge is 0.508 e. The summed E-state index contributed by atoms with van der Waals surface area (Å²) in [5, 5.41) is 9.32. The van der Waals surface area contributed by atoms with E-state index in [2.05, 4.69) is 15.9 Å². The van der Waals surface area contributed by atoms with Crippen LogP contribution in [-0.4, -0.2) is 11.4 Å². The molecule has 0 unspecified atom stereocenters. The van der Waals surface area contributed by atoms with Gasteiger partial charge in [-0.15, -0.1) is 0 Å². The summed E-state index contributed by atoms with van der Waals surface area (Å²) in [6.45, 7) is 0. The van der Waals surface area contributed by atoms with Crippen molar-refractivity contribution in [1.29, 1.82) is 0 Å². The highest BCUT2D eigenvalue weighted by molar-refractivity contribution is 9.10. The van der Waals surface area contributed by atoms with Gasteiger partial charge in [-0.05, 0) is 30.2 Å². The Kier molecular flexibility index (Phi) is 3.29. The Bertz CT molecular complexity index is 284. The molecule has 0 atom stereocenters. The van der Waals surface area contributed by atoms with E-state index in [1.165, 1.54) is 0 Å². The summed E-state index contributed by atoms with van der Waals surface area (Å²) in [5.74, 6) is 0.250. The number of phenolic OH excluding ortho intramolecular Hbond substituents is 1. The van der Waals surface area contributed by atoms with Gasteiger partial charge in [0.15, 0.2) is 0 Å². The number of hydrogen-bond donors (Lipinski definition) is 1. The highest BCUT2D eigenvalue weighted by Gasteiger charge is 2.00. The Balaban J connectivity index is 2.82. The summed E-state index contributed by atoms with van der Waals surface area (Å²) in [6, 6.07) is 5.20. The quantitative estimate of drug-likeness (QED) is 0.807. The van der Waals surface area contributed by atoms with Crippen LogP contribution < -0.4 is 0 Å². The van der Waals surface area contributed by atoms with Crippen molar-refractivity contribution >= 4 is 22.2 Å². The molecule has 0 fully saturated rings. The molecule has 0 aliphatic heterocycles. The minimum Gasteiger partial charge on any atom is -0.508 e. The van der Waals surface area contributed by atoms with Crippen molar-refractivity contribution in [3.05, 3.63) is 28.2 Å². The summed E-state index contributed by atoms with van der Waals surface area (Å²) in [7, 11) is 0. The molecule has 1 rings (SSSR count). The number of benzene rings is 1. The Morgan fingerprint density at radius 3 is 2.92 bits per heavy atom. The third-order valence-corrected chi connectivity index (χ3v) is 2.07. The molecule has 0 heterocycles. The molecule has 0 saturated carbocycles. The molecular weight excluding hydrogens is 220 g/mol. The molecule has 12 heavy (non-hydrogen) atoms. The molecule has 0 saturated heterocycles. The van der Waals surface area contributed by atoms with E-state index < -0.39 is 0 Å². The van der Waals surface area contributed by atoms with Gasteiger partial charge in [-0.3, -0.25) is 0 Å². The molecule has 0 bridgehead atoms. The lowest BCUT2D eigenvalue weighted by Crippen LogP contribution is -1.86. The fourth-order valence-corrected chi connectivity index (χ4v) is 1.38. The van der Waals surface area contributed by atoms with Crippen molar-refractivity contribution in [3.8, 4) is 5.75 Å². The van der Waals surface area contributed by atoms with Crippen LogP contribution in [0.1, 0.15) is 12.0 Å². The summed E-state index contributed by atoms with van der Waals surface area (Å²) < 4.78 is 0.918. The molecular formula is C9H9BrO2. The normalized spacial score (nSPS) is 9.75. The lowest BCUT2D eigenvalue weighted by atomic mass is 10.1. The van der Waals surface area contributed by atoms with Crippen LogP contribution >= 0.6 is 15.9 Å². The standard InChI is InChI=1S/C9H9BrO2/c10-8-3-4-9(12)7(6-8)2-1-5-11/h3-6,12H,1-2H2. The molecule has 1 aromatic carbocycles. The van der Waals surface area contributed by atoms with Crippen molar-refractivity contribution < 1.29 is 9.90 Å². The van der Waals surface area contributed by atoms with E-state index in [-0.39, 0.29) is 5.75 Å². The number of hydrogen-bond acceptors (Lipinski definition) is 2. The number of halogens is 1. The van der Waals surface area contributed by atoms with Crippen LogP contribution in [0.15, 0.2) is 22.7 Å². The van der Waals surface area contributed by atoms with Crippen molar-refractivity contribution in [2.75, 3.05) is 0 Å². The second-order valence-electron chi connectivity index (χ2n) is 2.48. The Hall–Kier alpha value is -0.830. The maximum absolute atomic E-state index is 10.1. The predicted octanol–water partition coefficient (Wildman–Crippen LogP) is 2.29. The minimum atomic E-state index is 0.250. The third-order valence-electron chi connectivity index (χ3n) is 1.57. The number of carbonyl (C=O) groups is 1. The zero-order chi connectivity index (χ0) is 8.97. The SMILES string of the molecule is O=CCCc1cc(Br)ccc1O. The molecule has 1 aromatic rings. The fourth-order valence-electron chi connectivity index (χ4n) is 0.969. The average molecular weight is 229 g/mol. The van der Waals surface area contributed by atoms with E-state index in [1.54, 1.807) is 12.1 Å². The number of aldehydes is 1.